The molecule has 22 heavy (non-hydrogen) atoms. The number of anilines is 1. The highest BCUT2D eigenvalue weighted by molar-refractivity contribution is 6.36. The summed E-state index contributed by atoms with van der Waals surface area (Å²) in [5.74, 6) is 0. The van der Waals surface area contributed by atoms with E-state index < -0.39 is 0 Å². The number of rotatable bonds is 3. The highest BCUT2D eigenvalue weighted by Crippen LogP contribution is 2.32. The lowest BCUT2D eigenvalue weighted by molar-refractivity contribution is 0.908. The van der Waals surface area contributed by atoms with Gasteiger partial charge in [0.1, 0.15) is 6.34 Å². The van der Waals surface area contributed by atoms with Crippen molar-refractivity contribution < 1.29 is 0 Å². The third-order valence-corrected chi connectivity index (χ3v) is 4.18. The van der Waals surface area contributed by atoms with Gasteiger partial charge in [-0.15, -0.1) is 0 Å². The van der Waals surface area contributed by atoms with E-state index in [9.17, 15) is 0 Å². The first-order valence-corrected chi connectivity index (χ1v) is 7.73. The summed E-state index contributed by atoms with van der Waals surface area (Å²) in [5, 5.41) is 3.67. The fourth-order valence-electron chi connectivity index (χ4n) is 2.14. The maximum atomic E-state index is 6.41. The van der Waals surface area contributed by atoms with Crippen molar-refractivity contribution in [1.82, 2.24) is 5.43 Å². The molecule has 0 atom stereocenters. The summed E-state index contributed by atoms with van der Waals surface area (Å²) < 4.78 is 0. The summed E-state index contributed by atoms with van der Waals surface area (Å²) in [6.45, 7) is 0. The molecule has 6 heteroatoms. The second-order valence-electron chi connectivity index (χ2n) is 4.77. The van der Waals surface area contributed by atoms with Crippen LogP contribution in [-0.2, 0) is 6.42 Å². The molecule has 0 saturated heterocycles. The lowest BCUT2D eigenvalue weighted by atomic mass is 10.0. The van der Waals surface area contributed by atoms with Crippen LogP contribution in [0, 0.1) is 0 Å². The van der Waals surface area contributed by atoms with Crippen LogP contribution in [0.4, 0.5) is 5.69 Å². The molecule has 1 aliphatic heterocycles. The van der Waals surface area contributed by atoms with E-state index in [2.05, 4.69) is 10.4 Å². The van der Waals surface area contributed by atoms with Gasteiger partial charge in [0.15, 0.2) is 0 Å². The molecule has 112 valence electrons. The van der Waals surface area contributed by atoms with E-state index in [4.69, 9.17) is 34.8 Å². The van der Waals surface area contributed by atoms with Crippen molar-refractivity contribution in [3.8, 4) is 0 Å². The Kier molecular flexibility index (Phi) is 4.57. The first-order valence-electron chi connectivity index (χ1n) is 6.59. The summed E-state index contributed by atoms with van der Waals surface area (Å²) in [7, 11) is 0. The van der Waals surface area contributed by atoms with Crippen molar-refractivity contribution in [1.29, 1.82) is 0 Å². The fraction of sp³-hybridized carbons (Fsp3) is 0.0625. The Morgan fingerprint density at radius 2 is 1.68 bits per heavy atom. The summed E-state index contributed by atoms with van der Waals surface area (Å²) in [4.78, 5) is 4.05. The van der Waals surface area contributed by atoms with Crippen LogP contribution >= 0.6 is 34.8 Å². The van der Waals surface area contributed by atoms with Gasteiger partial charge in [0.05, 0.1) is 5.69 Å². The zero-order chi connectivity index (χ0) is 15.5. The van der Waals surface area contributed by atoms with E-state index in [1.165, 1.54) is 0 Å². The molecule has 2 aromatic carbocycles. The van der Waals surface area contributed by atoms with Crippen molar-refractivity contribution in [2.75, 3.05) is 5.01 Å². The quantitative estimate of drug-likeness (QED) is 0.836. The molecule has 3 nitrogen and oxygen atoms in total. The van der Waals surface area contributed by atoms with E-state index in [-0.39, 0.29) is 0 Å². The third-order valence-electron chi connectivity index (χ3n) is 3.25. The molecular formula is C16H12Cl3N3. The lowest BCUT2D eigenvalue weighted by Crippen LogP contribution is -2.34. The van der Waals surface area contributed by atoms with E-state index in [1.807, 2.05) is 36.4 Å². The number of halogens is 3. The minimum Gasteiger partial charge on any atom is -0.299 e. The van der Waals surface area contributed by atoms with Crippen molar-refractivity contribution in [3.63, 3.8) is 0 Å². The lowest BCUT2D eigenvalue weighted by Gasteiger charge is -2.22. The van der Waals surface area contributed by atoms with Crippen LogP contribution in [0.3, 0.4) is 0 Å². The average molecular weight is 353 g/mol. The third kappa shape index (κ3) is 3.38. The predicted molar refractivity (Wildman–Crippen MR) is 94.0 cm³/mol. The molecule has 0 aliphatic carbocycles. The standard InChI is InChI=1S/C16H12Cl3N3/c17-12-3-1-11(2-4-12)7-14-15(18)8-13(9-16(14)19)22-10-20-5-6-21-22/h1-6,8-10,21H,7H2. The van der Waals surface area contributed by atoms with Crippen molar-refractivity contribution in [3.05, 3.63) is 75.0 Å². The van der Waals surface area contributed by atoms with Crippen LogP contribution in [0.1, 0.15) is 11.1 Å². The van der Waals surface area contributed by atoms with Crippen LogP contribution in [0.5, 0.6) is 0 Å². The first kappa shape index (κ1) is 15.2. The largest absolute Gasteiger partial charge is 0.299 e. The van der Waals surface area contributed by atoms with Crippen LogP contribution < -0.4 is 10.4 Å². The van der Waals surface area contributed by atoms with Gasteiger partial charge < -0.3 is 0 Å². The van der Waals surface area contributed by atoms with Crippen LogP contribution in [-0.4, -0.2) is 6.34 Å². The van der Waals surface area contributed by atoms with E-state index in [1.54, 1.807) is 23.7 Å². The van der Waals surface area contributed by atoms with Crippen LogP contribution in [0.25, 0.3) is 0 Å². The normalized spacial score (nSPS) is 13.3. The maximum Gasteiger partial charge on any atom is 0.115 e. The van der Waals surface area contributed by atoms with Gasteiger partial charge >= 0.3 is 0 Å². The molecule has 0 bridgehead atoms. The molecule has 0 spiro atoms. The topological polar surface area (TPSA) is 27.6 Å². The number of nitrogens with zero attached hydrogens (tertiary/aromatic N) is 2. The molecule has 1 N–H and O–H groups in total. The summed E-state index contributed by atoms with van der Waals surface area (Å²) in [6, 6.07) is 11.4. The maximum absolute atomic E-state index is 6.41. The Bertz CT molecular complexity index is 716. The molecule has 0 amide bonds. The Labute approximate surface area is 143 Å². The predicted octanol–water partition coefficient (Wildman–Crippen LogP) is 5.06. The SMILES string of the molecule is Clc1ccc(Cc2c(Cl)cc(N3C=NC=CN3)cc2Cl)cc1. The Morgan fingerprint density at radius 3 is 2.27 bits per heavy atom. The van der Waals surface area contributed by atoms with Gasteiger partial charge in [-0.05, 0) is 35.4 Å². The Hall–Kier alpha value is -1.68. The number of nitrogens with one attached hydrogen (secondary N) is 1. The molecule has 3 rings (SSSR count). The highest BCUT2D eigenvalue weighted by Gasteiger charge is 2.13. The number of hydrazine groups is 1. The van der Waals surface area contributed by atoms with Gasteiger partial charge in [-0.3, -0.25) is 5.43 Å². The monoisotopic (exact) mass is 351 g/mol. The zero-order valence-electron chi connectivity index (χ0n) is 11.4. The summed E-state index contributed by atoms with van der Waals surface area (Å²) in [6.07, 6.45) is 5.69. The van der Waals surface area contributed by atoms with Crippen molar-refractivity contribution in [2.45, 2.75) is 6.42 Å². The first-order chi connectivity index (χ1) is 10.6. The second-order valence-corrected chi connectivity index (χ2v) is 6.02. The molecule has 0 saturated carbocycles. The van der Waals surface area contributed by atoms with Gasteiger partial charge in [0, 0.05) is 33.9 Å². The van der Waals surface area contributed by atoms with E-state index >= 15 is 0 Å². The summed E-state index contributed by atoms with van der Waals surface area (Å²) in [5.41, 5.74) is 5.85. The van der Waals surface area contributed by atoms with E-state index in [0.717, 1.165) is 16.8 Å². The number of aliphatic imine (C=N–C) groups is 1. The second kappa shape index (κ2) is 6.61. The number of benzene rings is 2. The molecule has 0 unspecified atom stereocenters. The smallest absolute Gasteiger partial charge is 0.115 e. The van der Waals surface area contributed by atoms with Crippen molar-refractivity contribution >= 4 is 46.8 Å². The Balaban J connectivity index is 1.88. The van der Waals surface area contributed by atoms with Crippen LogP contribution in [0.15, 0.2) is 53.8 Å². The van der Waals surface area contributed by atoms with Crippen molar-refractivity contribution in [2.24, 2.45) is 4.99 Å². The van der Waals surface area contributed by atoms with E-state index in [0.29, 0.717) is 21.5 Å². The highest BCUT2D eigenvalue weighted by atomic mass is 35.5. The van der Waals surface area contributed by atoms with Gasteiger partial charge in [0.2, 0.25) is 0 Å². The summed E-state index contributed by atoms with van der Waals surface area (Å²) >= 11 is 18.7. The van der Waals surface area contributed by atoms with Gasteiger partial charge in [-0.2, -0.15) is 0 Å². The Morgan fingerprint density at radius 1 is 1.00 bits per heavy atom. The number of hydrogen-bond acceptors (Lipinski definition) is 3. The van der Waals surface area contributed by atoms with Gasteiger partial charge in [0.25, 0.3) is 0 Å². The molecule has 0 aromatic heterocycles. The molecule has 1 heterocycles. The fourth-order valence-corrected chi connectivity index (χ4v) is 2.88. The molecule has 0 radical (unpaired) electrons. The molecule has 1 aliphatic rings. The average Bonchev–Trinajstić information content (AvgIpc) is 2.53. The zero-order valence-corrected chi connectivity index (χ0v) is 13.7. The van der Waals surface area contributed by atoms with Gasteiger partial charge in [-0.25, -0.2) is 10.0 Å². The minimum atomic E-state index is 0.613. The molecule has 2 aromatic rings. The number of hydrogen-bond donors (Lipinski definition) is 1. The molecular weight excluding hydrogens is 341 g/mol. The minimum absolute atomic E-state index is 0.613. The van der Waals surface area contributed by atoms with Gasteiger partial charge in [-0.1, -0.05) is 46.9 Å². The molecule has 0 fully saturated rings. The van der Waals surface area contributed by atoms with Crippen LogP contribution in [0.2, 0.25) is 15.1 Å².